The van der Waals surface area contributed by atoms with Crippen LogP contribution < -0.4 is 0 Å². The third-order valence-electron chi connectivity index (χ3n) is 3.55. The first-order valence-electron chi connectivity index (χ1n) is 7.25. The van der Waals surface area contributed by atoms with E-state index >= 15 is 0 Å². The molecule has 1 aliphatic heterocycles. The summed E-state index contributed by atoms with van der Waals surface area (Å²) in [4.78, 5) is 2.50. The molecule has 0 spiro atoms. The van der Waals surface area contributed by atoms with E-state index in [0.717, 1.165) is 39.3 Å². The Balaban J connectivity index is 2.67. The van der Waals surface area contributed by atoms with Gasteiger partial charge in [0.15, 0.2) is 0 Å². The molecule has 0 aromatic rings. The molecule has 3 heteroatoms. The smallest absolute Gasteiger partial charge is 0.145 e. The van der Waals surface area contributed by atoms with Crippen LogP contribution >= 0.6 is 0 Å². The van der Waals surface area contributed by atoms with Gasteiger partial charge in [-0.3, -0.25) is 4.90 Å². The second-order valence-electron chi connectivity index (χ2n) is 4.81. The van der Waals surface area contributed by atoms with Gasteiger partial charge in [-0.1, -0.05) is 13.3 Å². The second-order valence-corrected chi connectivity index (χ2v) is 4.81. The number of unbranched alkanes of at least 4 members (excludes halogenated alkanes) is 1. The molecule has 1 rings (SSSR count). The van der Waals surface area contributed by atoms with Crippen LogP contribution in [0.25, 0.3) is 0 Å². The minimum absolute atomic E-state index is 0.155. The highest BCUT2D eigenvalue weighted by atomic mass is 16.6. The summed E-state index contributed by atoms with van der Waals surface area (Å²) >= 11 is 0. The monoisotopic (exact) mass is 243 g/mol. The number of hydrogen-bond acceptors (Lipinski definition) is 3. The van der Waals surface area contributed by atoms with Gasteiger partial charge in [-0.2, -0.15) is 0 Å². The van der Waals surface area contributed by atoms with E-state index in [9.17, 15) is 0 Å². The van der Waals surface area contributed by atoms with Crippen LogP contribution in [-0.4, -0.2) is 43.5 Å². The maximum absolute atomic E-state index is 6.12. The summed E-state index contributed by atoms with van der Waals surface area (Å²) in [6.45, 7) is 11.0. The topological polar surface area (TPSA) is 21.7 Å². The molecule has 0 aromatic carbocycles. The molecule has 1 atom stereocenters. The summed E-state index contributed by atoms with van der Waals surface area (Å²) in [5.41, 5.74) is -0.155. The number of likely N-dealkylation sites (tertiary alicyclic amines) is 1. The van der Waals surface area contributed by atoms with Crippen molar-refractivity contribution in [1.29, 1.82) is 0 Å². The Labute approximate surface area is 106 Å². The molecule has 0 amide bonds. The fourth-order valence-electron chi connectivity index (χ4n) is 2.63. The molecule has 1 fully saturated rings. The molecule has 1 heterocycles. The number of nitrogens with zero attached hydrogens (tertiary/aromatic N) is 1. The quantitative estimate of drug-likeness (QED) is 0.621. The molecule has 0 saturated carbocycles. The van der Waals surface area contributed by atoms with Gasteiger partial charge in [0.05, 0.1) is 6.61 Å². The van der Waals surface area contributed by atoms with Crippen molar-refractivity contribution in [2.45, 2.75) is 58.6 Å². The Morgan fingerprint density at radius 2 is 1.76 bits per heavy atom. The van der Waals surface area contributed by atoms with Crippen molar-refractivity contribution >= 4 is 0 Å². The Kier molecular flexibility index (Phi) is 7.09. The summed E-state index contributed by atoms with van der Waals surface area (Å²) in [5, 5.41) is 0. The first-order chi connectivity index (χ1) is 8.29. The van der Waals surface area contributed by atoms with Crippen molar-refractivity contribution < 1.29 is 9.47 Å². The van der Waals surface area contributed by atoms with E-state index < -0.39 is 0 Å². The fourth-order valence-corrected chi connectivity index (χ4v) is 2.63. The summed E-state index contributed by atoms with van der Waals surface area (Å²) in [6, 6.07) is 0. The summed E-state index contributed by atoms with van der Waals surface area (Å²) in [7, 11) is 0. The SMILES string of the molecule is CCCCC(COCC)(OCC)N1CCCC1. The fraction of sp³-hybridized carbons (Fsp3) is 1.00. The molecule has 0 aliphatic carbocycles. The van der Waals surface area contributed by atoms with Gasteiger partial charge in [0, 0.05) is 26.3 Å². The number of ether oxygens (including phenoxy) is 2. The maximum atomic E-state index is 6.12. The van der Waals surface area contributed by atoms with E-state index in [1.807, 2.05) is 0 Å². The highest BCUT2D eigenvalue weighted by Crippen LogP contribution is 2.28. The molecule has 3 nitrogen and oxygen atoms in total. The lowest BCUT2D eigenvalue weighted by molar-refractivity contribution is -0.185. The molecule has 102 valence electrons. The molecule has 0 radical (unpaired) electrons. The van der Waals surface area contributed by atoms with E-state index in [1.165, 1.54) is 25.7 Å². The summed E-state index contributed by atoms with van der Waals surface area (Å²) in [5.74, 6) is 0. The highest BCUT2D eigenvalue weighted by Gasteiger charge is 2.38. The summed E-state index contributed by atoms with van der Waals surface area (Å²) < 4.78 is 11.8. The Morgan fingerprint density at radius 3 is 2.29 bits per heavy atom. The van der Waals surface area contributed by atoms with Gasteiger partial charge in [0.2, 0.25) is 0 Å². The zero-order chi connectivity index (χ0) is 12.6. The van der Waals surface area contributed by atoms with Crippen LogP contribution in [0.4, 0.5) is 0 Å². The van der Waals surface area contributed by atoms with Gasteiger partial charge in [0.25, 0.3) is 0 Å². The largest absolute Gasteiger partial charge is 0.377 e. The van der Waals surface area contributed by atoms with Crippen LogP contribution in [0, 0.1) is 0 Å². The second kappa shape index (κ2) is 8.06. The molecule has 1 saturated heterocycles. The van der Waals surface area contributed by atoms with Gasteiger partial charge in [-0.15, -0.1) is 0 Å². The Morgan fingerprint density at radius 1 is 1.06 bits per heavy atom. The Bertz CT molecular complexity index is 183. The maximum Gasteiger partial charge on any atom is 0.145 e. The van der Waals surface area contributed by atoms with Gasteiger partial charge >= 0.3 is 0 Å². The van der Waals surface area contributed by atoms with Gasteiger partial charge in [-0.05, 0) is 39.5 Å². The average molecular weight is 243 g/mol. The van der Waals surface area contributed by atoms with Crippen LogP contribution in [0.15, 0.2) is 0 Å². The third kappa shape index (κ3) is 4.23. The lowest BCUT2D eigenvalue weighted by Gasteiger charge is -2.41. The van der Waals surface area contributed by atoms with Crippen LogP contribution in [0.1, 0.15) is 52.9 Å². The standard InChI is InChI=1S/C14H29NO2/c1-4-7-10-14(17-6-3,13-16-5-2)15-11-8-9-12-15/h4-13H2,1-3H3. The zero-order valence-electron chi connectivity index (χ0n) is 11.8. The number of hydrogen-bond donors (Lipinski definition) is 0. The number of rotatable bonds is 9. The van der Waals surface area contributed by atoms with E-state index in [4.69, 9.17) is 9.47 Å². The van der Waals surface area contributed by atoms with Crippen molar-refractivity contribution in [3.05, 3.63) is 0 Å². The zero-order valence-corrected chi connectivity index (χ0v) is 11.8. The van der Waals surface area contributed by atoms with Gasteiger partial charge in [-0.25, -0.2) is 0 Å². The molecule has 1 aliphatic rings. The van der Waals surface area contributed by atoms with Gasteiger partial charge < -0.3 is 9.47 Å². The van der Waals surface area contributed by atoms with Crippen molar-refractivity contribution in [3.8, 4) is 0 Å². The van der Waals surface area contributed by atoms with E-state index in [0.29, 0.717) is 0 Å². The van der Waals surface area contributed by atoms with Crippen LogP contribution in [0.5, 0.6) is 0 Å². The first kappa shape index (κ1) is 14.9. The predicted molar refractivity (Wildman–Crippen MR) is 71.2 cm³/mol. The molecule has 0 aromatic heterocycles. The Hall–Kier alpha value is -0.120. The van der Waals surface area contributed by atoms with E-state index in [1.54, 1.807) is 0 Å². The average Bonchev–Trinajstić information content (AvgIpc) is 2.87. The normalized spacial score (nSPS) is 20.6. The lowest BCUT2D eigenvalue weighted by atomic mass is 10.0. The van der Waals surface area contributed by atoms with Crippen LogP contribution in [0.3, 0.4) is 0 Å². The van der Waals surface area contributed by atoms with Crippen molar-refractivity contribution in [2.75, 3.05) is 32.9 Å². The predicted octanol–water partition coefficient (Wildman–Crippen LogP) is 3.04. The third-order valence-corrected chi connectivity index (χ3v) is 3.55. The molecule has 0 N–H and O–H groups in total. The van der Waals surface area contributed by atoms with Crippen molar-refractivity contribution in [3.63, 3.8) is 0 Å². The molecule has 17 heavy (non-hydrogen) atoms. The molecule has 0 bridgehead atoms. The molecular formula is C14H29NO2. The van der Waals surface area contributed by atoms with E-state index in [-0.39, 0.29) is 5.72 Å². The molecular weight excluding hydrogens is 214 g/mol. The van der Waals surface area contributed by atoms with Crippen molar-refractivity contribution in [2.24, 2.45) is 0 Å². The summed E-state index contributed by atoms with van der Waals surface area (Å²) in [6.07, 6.45) is 6.12. The lowest BCUT2D eigenvalue weighted by Crippen LogP contribution is -2.53. The van der Waals surface area contributed by atoms with Crippen LogP contribution in [0.2, 0.25) is 0 Å². The van der Waals surface area contributed by atoms with Crippen LogP contribution in [-0.2, 0) is 9.47 Å². The minimum atomic E-state index is -0.155. The van der Waals surface area contributed by atoms with Crippen molar-refractivity contribution in [1.82, 2.24) is 4.90 Å². The van der Waals surface area contributed by atoms with E-state index in [2.05, 4.69) is 25.7 Å². The first-order valence-corrected chi connectivity index (χ1v) is 7.25. The van der Waals surface area contributed by atoms with Gasteiger partial charge in [0.1, 0.15) is 5.72 Å². The highest BCUT2D eigenvalue weighted by molar-refractivity contribution is 4.85. The minimum Gasteiger partial charge on any atom is -0.377 e. The molecule has 1 unspecified atom stereocenters.